The summed E-state index contributed by atoms with van der Waals surface area (Å²) in [6.07, 6.45) is 2.58. The molecule has 32 heavy (non-hydrogen) atoms. The fourth-order valence-corrected chi connectivity index (χ4v) is 4.40. The quantitative estimate of drug-likeness (QED) is 0.712. The molecule has 0 N–H and O–H groups in total. The van der Waals surface area contributed by atoms with Crippen LogP contribution in [0.15, 0.2) is 24.3 Å². The molecule has 1 atom stereocenters. The zero-order valence-electron chi connectivity index (χ0n) is 19.0. The normalized spacial score (nSPS) is 18.8. The standard InChI is InChI=1S/C24H29FN4O3/c1-15-18-11-12-20(30)29(14-16-7-9-17(25)10-8-16)22(18)27-21(26-15)19-6-5-13-28(19)23(31)24(2,3)32-4/h7-10,19H,5-6,11-14H2,1-4H3. The second kappa shape index (κ2) is 8.58. The predicted octanol–water partition coefficient (Wildman–Crippen LogP) is 3.49. The van der Waals surface area contributed by atoms with E-state index in [1.54, 1.807) is 35.8 Å². The number of halogens is 1. The number of benzene rings is 1. The summed E-state index contributed by atoms with van der Waals surface area (Å²) in [5.41, 5.74) is 1.66. The maximum absolute atomic E-state index is 13.3. The maximum Gasteiger partial charge on any atom is 0.254 e. The Kier molecular flexibility index (Phi) is 5.99. The van der Waals surface area contributed by atoms with Crippen LogP contribution in [-0.4, -0.2) is 45.9 Å². The third-order valence-corrected chi connectivity index (χ3v) is 6.45. The zero-order valence-corrected chi connectivity index (χ0v) is 19.0. The SMILES string of the molecule is COC(C)(C)C(=O)N1CCCC1c1nc(C)c2c(n1)N(Cc1ccc(F)cc1)C(=O)CC2. The molecule has 0 spiro atoms. The molecule has 1 unspecified atom stereocenters. The lowest BCUT2D eigenvalue weighted by atomic mass is 10.0. The minimum Gasteiger partial charge on any atom is -0.369 e. The van der Waals surface area contributed by atoms with Gasteiger partial charge in [-0.2, -0.15) is 0 Å². The van der Waals surface area contributed by atoms with E-state index in [-0.39, 0.29) is 23.7 Å². The maximum atomic E-state index is 13.3. The number of hydrogen-bond donors (Lipinski definition) is 0. The van der Waals surface area contributed by atoms with E-state index < -0.39 is 5.60 Å². The van der Waals surface area contributed by atoms with Crippen LogP contribution < -0.4 is 4.90 Å². The molecule has 2 aromatic rings. The molecule has 7 nitrogen and oxygen atoms in total. The van der Waals surface area contributed by atoms with Gasteiger partial charge in [0.1, 0.15) is 17.2 Å². The minimum absolute atomic E-state index is 0.0225. The van der Waals surface area contributed by atoms with E-state index in [4.69, 9.17) is 14.7 Å². The van der Waals surface area contributed by atoms with Crippen LogP contribution in [0.2, 0.25) is 0 Å². The lowest BCUT2D eigenvalue weighted by molar-refractivity contribution is -0.152. The van der Waals surface area contributed by atoms with Gasteiger partial charge in [0.15, 0.2) is 5.82 Å². The number of nitrogens with zero attached hydrogens (tertiary/aromatic N) is 4. The molecule has 0 radical (unpaired) electrons. The molecular weight excluding hydrogens is 411 g/mol. The summed E-state index contributed by atoms with van der Waals surface area (Å²) in [6.45, 7) is 6.37. The number of hydrogen-bond acceptors (Lipinski definition) is 5. The van der Waals surface area contributed by atoms with Gasteiger partial charge in [-0.15, -0.1) is 0 Å². The first kappa shape index (κ1) is 22.3. The second-order valence-corrected chi connectivity index (χ2v) is 8.95. The van der Waals surface area contributed by atoms with Crippen molar-refractivity contribution in [2.24, 2.45) is 0 Å². The molecule has 0 aliphatic carbocycles. The van der Waals surface area contributed by atoms with Crippen molar-refractivity contribution >= 4 is 17.6 Å². The van der Waals surface area contributed by atoms with E-state index in [9.17, 15) is 14.0 Å². The molecule has 1 fully saturated rings. The third-order valence-electron chi connectivity index (χ3n) is 6.45. The summed E-state index contributed by atoms with van der Waals surface area (Å²) in [5.74, 6) is 0.715. The molecule has 1 aromatic heterocycles. The first-order valence-electron chi connectivity index (χ1n) is 11.0. The summed E-state index contributed by atoms with van der Waals surface area (Å²) in [7, 11) is 1.53. The van der Waals surface area contributed by atoms with Gasteiger partial charge in [-0.25, -0.2) is 14.4 Å². The minimum atomic E-state index is -0.934. The van der Waals surface area contributed by atoms with Crippen LogP contribution in [0, 0.1) is 12.7 Å². The fourth-order valence-electron chi connectivity index (χ4n) is 4.40. The molecular formula is C24H29FN4O3. The summed E-state index contributed by atoms with van der Waals surface area (Å²) in [6, 6.07) is 5.87. The Morgan fingerprint density at radius 3 is 2.62 bits per heavy atom. The summed E-state index contributed by atoms with van der Waals surface area (Å²) in [4.78, 5) is 38.9. The van der Waals surface area contributed by atoms with Crippen LogP contribution in [0.4, 0.5) is 10.2 Å². The Bertz CT molecular complexity index is 1040. The van der Waals surface area contributed by atoms with Crippen LogP contribution in [0.1, 0.15) is 61.8 Å². The van der Waals surface area contributed by atoms with E-state index in [1.165, 1.54) is 19.2 Å². The molecule has 1 saturated heterocycles. The van der Waals surface area contributed by atoms with Gasteiger partial charge in [0, 0.05) is 31.3 Å². The number of rotatable bonds is 5. The van der Waals surface area contributed by atoms with E-state index in [1.807, 2.05) is 6.92 Å². The molecule has 4 rings (SSSR count). The average Bonchev–Trinajstić information content (AvgIpc) is 3.26. The van der Waals surface area contributed by atoms with Gasteiger partial charge >= 0.3 is 0 Å². The lowest BCUT2D eigenvalue weighted by Gasteiger charge is -2.33. The summed E-state index contributed by atoms with van der Waals surface area (Å²) in [5, 5.41) is 0. The van der Waals surface area contributed by atoms with Crippen LogP contribution in [0.3, 0.4) is 0 Å². The van der Waals surface area contributed by atoms with Crippen LogP contribution >= 0.6 is 0 Å². The third kappa shape index (κ3) is 4.11. The van der Waals surface area contributed by atoms with Gasteiger partial charge in [0.25, 0.3) is 5.91 Å². The van der Waals surface area contributed by atoms with Crippen LogP contribution in [-0.2, 0) is 27.3 Å². The number of likely N-dealkylation sites (tertiary alicyclic amines) is 1. The number of anilines is 1. The van der Waals surface area contributed by atoms with Gasteiger partial charge in [-0.05, 0) is 57.7 Å². The van der Waals surface area contributed by atoms with Gasteiger partial charge in [-0.3, -0.25) is 14.5 Å². The molecule has 2 aliphatic heterocycles. The van der Waals surface area contributed by atoms with Crippen molar-refractivity contribution in [3.05, 3.63) is 52.7 Å². The number of amides is 2. The monoisotopic (exact) mass is 440 g/mol. The van der Waals surface area contributed by atoms with Gasteiger partial charge < -0.3 is 9.64 Å². The van der Waals surface area contributed by atoms with E-state index >= 15 is 0 Å². The smallest absolute Gasteiger partial charge is 0.254 e. The lowest BCUT2D eigenvalue weighted by Crippen LogP contribution is -2.46. The molecule has 3 heterocycles. The number of ether oxygens (including phenoxy) is 1. The van der Waals surface area contributed by atoms with Crippen molar-refractivity contribution in [2.75, 3.05) is 18.6 Å². The van der Waals surface area contributed by atoms with Crippen molar-refractivity contribution in [1.29, 1.82) is 0 Å². The number of aromatic nitrogens is 2. The van der Waals surface area contributed by atoms with Crippen molar-refractivity contribution in [2.45, 2.75) is 64.6 Å². The molecule has 0 saturated carbocycles. The van der Waals surface area contributed by atoms with Crippen molar-refractivity contribution < 1.29 is 18.7 Å². The van der Waals surface area contributed by atoms with Gasteiger partial charge in [0.05, 0.1) is 12.6 Å². The Labute approximate surface area is 187 Å². The predicted molar refractivity (Wildman–Crippen MR) is 117 cm³/mol. The molecule has 2 amide bonds. The number of fused-ring (bicyclic) bond motifs is 1. The Morgan fingerprint density at radius 2 is 1.94 bits per heavy atom. The summed E-state index contributed by atoms with van der Waals surface area (Å²) < 4.78 is 18.7. The van der Waals surface area contributed by atoms with Gasteiger partial charge in [0.2, 0.25) is 5.91 Å². The summed E-state index contributed by atoms with van der Waals surface area (Å²) >= 11 is 0. The van der Waals surface area contributed by atoms with Crippen molar-refractivity contribution in [3.63, 3.8) is 0 Å². The van der Waals surface area contributed by atoms with E-state index in [0.717, 1.165) is 29.7 Å². The highest BCUT2D eigenvalue weighted by molar-refractivity contribution is 5.95. The molecule has 8 heteroatoms. The molecule has 2 aliphatic rings. The highest BCUT2D eigenvalue weighted by Gasteiger charge is 2.40. The zero-order chi connectivity index (χ0) is 23.0. The largest absolute Gasteiger partial charge is 0.369 e. The highest BCUT2D eigenvalue weighted by Crippen LogP contribution is 2.36. The number of aryl methyl sites for hydroxylation is 1. The van der Waals surface area contributed by atoms with Crippen LogP contribution in [0.25, 0.3) is 0 Å². The second-order valence-electron chi connectivity index (χ2n) is 8.95. The van der Waals surface area contributed by atoms with Crippen molar-refractivity contribution in [1.82, 2.24) is 14.9 Å². The number of methoxy groups -OCH3 is 1. The Morgan fingerprint density at radius 1 is 1.22 bits per heavy atom. The topological polar surface area (TPSA) is 75.6 Å². The number of carbonyl (C=O) groups excluding carboxylic acids is 2. The van der Waals surface area contributed by atoms with Gasteiger partial charge in [-0.1, -0.05) is 12.1 Å². The average molecular weight is 441 g/mol. The van der Waals surface area contributed by atoms with E-state index in [0.29, 0.717) is 37.6 Å². The Balaban J connectivity index is 1.70. The number of carbonyl (C=O) groups is 2. The molecule has 1 aromatic carbocycles. The highest BCUT2D eigenvalue weighted by atomic mass is 19.1. The van der Waals surface area contributed by atoms with E-state index in [2.05, 4.69) is 0 Å². The van der Waals surface area contributed by atoms with Crippen molar-refractivity contribution in [3.8, 4) is 0 Å². The molecule has 0 bridgehead atoms. The fraction of sp³-hybridized carbons (Fsp3) is 0.500. The molecule has 170 valence electrons. The first-order chi connectivity index (χ1) is 15.2. The first-order valence-corrected chi connectivity index (χ1v) is 11.0. The van der Waals surface area contributed by atoms with Crippen LogP contribution in [0.5, 0.6) is 0 Å². The Hall–Kier alpha value is -2.87.